The summed E-state index contributed by atoms with van der Waals surface area (Å²) >= 11 is 1.58. The number of hydrogen-bond acceptors (Lipinski definition) is 3. The molecule has 1 N–H and O–H groups in total. The van der Waals surface area contributed by atoms with Gasteiger partial charge in [0.1, 0.15) is 5.69 Å². The number of benzene rings is 2. The SMILES string of the molecule is CSc1ccc(Nc2c(F)cc(C#N)cc2F)cc1. The van der Waals surface area contributed by atoms with E-state index in [1.165, 1.54) is 0 Å². The van der Waals surface area contributed by atoms with Crippen LogP contribution < -0.4 is 5.32 Å². The fourth-order valence-electron chi connectivity index (χ4n) is 1.58. The van der Waals surface area contributed by atoms with Gasteiger partial charge in [0, 0.05) is 10.6 Å². The normalized spacial score (nSPS) is 10.0. The van der Waals surface area contributed by atoms with Gasteiger partial charge in [-0.25, -0.2) is 8.78 Å². The molecule has 0 aliphatic carbocycles. The number of halogens is 2. The lowest BCUT2D eigenvalue weighted by Gasteiger charge is -2.09. The molecule has 2 rings (SSSR count). The molecule has 0 amide bonds. The molecule has 0 spiro atoms. The highest BCUT2D eigenvalue weighted by Gasteiger charge is 2.11. The Bertz CT molecular complexity index is 610. The van der Waals surface area contributed by atoms with Gasteiger partial charge in [0.05, 0.1) is 11.6 Å². The maximum atomic E-state index is 13.7. The second-order valence-corrected chi connectivity index (χ2v) is 4.66. The van der Waals surface area contributed by atoms with Crippen LogP contribution in [-0.4, -0.2) is 6.26 Å². The molecular formula is C14H10F2N2S. The van der Waals surface area contributed by atoms with Crippen LogP contribution in [0.25, 0.3) is 0 Å². The number of nitrogens with one attached hydrogen (secondary N) is 1. The summed E-state index contributed by atoms with van der Waals surface area (Å²) in [7, 11) is 0. The number of rotatable bonds is 3. The van der Waals surface area contributed by atoms with Gasteiger partial charge in [0.15, 0.2) is 11.6 Å². The Hall–Kier alpha value is -2.06. The first-order valence-corrected chi connectivity index (χ1v) is 6.66. The molecule has 5 heteroatoms. The van der Waals surface area contributed by atoms with E-state index in [-0.39, 0.29) is 11.3 Å². The first-order valence-electron chi connectivity index (χ1n) is 5.44. The van der Waals surface area contributed by atoms with E-state index in [2.05, 4.69) is 5.32 Å². The minimum atomic E-state index is -0.787. The van der Waals surface area contributed by atoms with E-state index in [9.17, 15) is 8.78 Å². The predicted molar refractivity (Wildman–Crippen MR) is 72.6 cm³/mol. The van der Waals surface area contributed by atoms with Crippen molar-refractivity contribution >= 4 is 23.1 Å². The van der Waals surface area contributed by atoms with Crippen LogP contribution >= 0.6 is 11.8 Å². The van der Waals surface area contributed by atoms with Crippen LogP contribution in [0.3, 0.4) is 0 Å². The van der Waals surface area contributed by atoms with Crippen molar-refractivity contribution in [2.24, 2.45) is 0 Å². The molecule has 0 bridgehead atoms. The molecule has 0 fully saturated rings. The number of hydrogen-bond donors (Lipinski definition) is 1. The summed E-state index contributed by atoms with van der Waals surface area (Å²) in [5, 5.41) is 11.3. The zero-order valence-electron chi connectivity index (χ0n) is 10.1. The van der Waals surface area contributed by atoms with E-state index >= 15 is 0 Å². The molecule has 19 heavy (non-hydrogen) atoms. The number of nitriles is 1. The summed E-state index contributed by atoms with van der Waals surface area (Å²) in [5.74, 6) is -1.57. The molecule has 0 aliphatic rings. The van der Waals surface area contributed by atoms with Crippen molar-refractivity contribution in [3.05, 3.63) is 53.6 Å². The summed E-state index contributed by atoms with van der Waals surface area (Å²) in [6.45, 7) is 0. The van der Waals surface area contributed by atoms with Gasteiger partial charge in [-0.15, -0.1) is 11.8 Å². The van der Waals surface area contributed by atoms with Crippen molar-refractivity contribution in [1.82, 2.24) is 0 Å². The van der Waals surface area contributed by atoms with Crippen LogP contribution in [0.2, 0.25) is 0 Å². The fourth-order valence-corrected chi connectivity index (χ4v) is 1.98. The molecule has 0 saturated heterocycles. The van der Waals surface area contributed by atoms with Crippen LogP contribution in [-0.2, 0) is 0 Å². The first-order chi connectivity index (χ1) is 9.13. The average molecular weight is 276 g/mol. The van der Waals surface area contributed by atoms with Crippen molar-refractivity contribution in [2.75, 3.05) is 11.6 Å². The van der Waals surface area contributed by atoms with Crippen molar-refractivity contribution < 1.29 is 8.78 Å². The van der Waals surface area contributed by atoms with Crippen molar-refractivity contribution in [1.29, 1.82) is 5.26 Å². The van der Waals surface area contributed by atoms with E-state index in [1.807, 2.05) is 18.4 Å². The van der Waals surface area contributed by atoms with Crippen molar-refractivity contribution in [3.63, 3.8) is 0 Å². The molecule has 0 aromatic heterocycles. The van der Waals surface area contributed by atoms with Gasteiger partial charge in [-0.2, -0.15) is 5.26 Å². The Morgan fingerprint density at radius 2 is 1.68 bits per heavy atom. The quantitative estimate of drug-likeness (QED) is 0.849. The van der Waals surface area contributed by atoms with Gasteiger partial charge >= 0.3 is 0 Å². The summed E-state index contributed by atoms with van der Waals surface area (Å²) in [6.07, 6.45) is 1.95. The van der Waals surface area contributed by atoms with Crippen LogP contribution in [0.4, 0.5) is 20.2 Å². The lowest BCUT2D eigenvalue weighted by molar-refractivity contribution is 0.590. The second kappa shape index (κ2) is 5.72. The molecule has 0 heterocycles. The summed E-state index contributed by atoms with van der Waals surface area (Å²) in [5.41, 5.74) is 0.287. The van der Waals surface area contributed by atoms with Crippen LogP contribution in [0.1, 0.15) is 5.56 Å². The van der Waals surface area contributed by atoms with E-state index < -0.39 is 11.6 Å². The maximum Gasteiger partial charge on any atom is 0.150 e. The molecule has 0 aliphatic heterocycles. The standard InChI is InChI=1S/C14H10F2N2S/c1-19-11-4-2-10(3-5-11)18-14-12(15)6-9(8-17)7-13(14)16/h2-7,18H,1H3. The molecule has 2 aromatic rings. The van der Waals surface area contributed by atoms with Gasteiger partial charge in [-0.05, 0) is 42.7 Å². The van der Waals surface area contributed by atoms with E-state index in [0.29, 0.717) is 5.69 Å². The third kappa shape index (κ3) is 3.04. The molecule has 0 saturated carbocycles. The number of thioether (sulfide) groups is 1. The van der Waals surface area contributed by atoms with E-state index in [0.717, 1.165) is 17.0 Å². The smallest absolute Gasteiger partial charge is 0.150 e. The van der Waals surface area contributed by atoms with Crippen molar-refractivity contribution in [2.45, 2.75) is 4.90 Å². The van der Waals surface area contributed by atoms with Gasteiger partial charge < -0.3 is 5.32 Å². The number of anilines is 2. The van der Waals surface area contributed by atoms with Gasteiger partial charge in [0.25, 0.3) is 0 Å². The lowest BCUT2D eigenvalue weighted by atomic mass is 10.2. The molecule has 2 aromatic carbocycles. The zero-order valence-corrected chi connectivity index (χ0v) is 10.9. The lowest BCUT2D eigenvalue weighted by Crippen LogP contribution is -1.98. The first kappa shape index (κ1) is 13.4. The Balaban J connectivity index is 2.30. The number of nitrogens with zero attached hydrogens (tertiary/aromatic N) is 1. The minimum Gasteiger partial charge on any atom is -0.351 e. The van der Waals surface area contributed by atoms with E-state index in [1.54, 1.807) is 30.0 Å². The highest BCUT2D eigenvalue weighted by Crippen LogP contribution is 2.26. The molecule has 0 unspecified atom stereocenters. The van der Waals surface area contributed by atoms with Crippen LogP contribution in [0.5, 0.6) is 0 Å². The molecular weight excluding hydrogens is 266 g/mol. The maximum absolute atomic E-state index is 13.7. The average Bonchev–Trinajstić information content (AvgIpc) is 2.43. The molecule has 0 radical (unpaired) electrons. The summed E-state index contributed by atoms with van der Waals surface area (Å²) < 4.78 is 27.3. The largest absolute Gasteiger partial charge is 0.351 e. The highest BCUT2D eigenvalue weighted by atomic mass is 32.2. The zero-order chi connectivity index (χ0) is 13.8. The van der Waals surface area contributed by atoms with Crippen LogP contribution in [0.15, 0.2) is 41.3 Å². The van der Waals surface area contributed by atoms with Crippen molar-refractivity contribution in [3.8, 4) is 6.07 Å². The summed E-state index contributed by atoms with van der Waals surface area (Å²) in [6, 6.07) is 10.9. The Kier molecular flexibility index (Phi) is 4.03. The molecule has 0 atom stereocenters. The van der Waals surface area contributed by atoms with Gasteiger partial charge in [-0.1, -0.05) is 0 Å². The molecule has 2 nitrogen and oxygen atoms in total. The second-order valence-electron chi connectivity index (χ2n) is 3.78. The Labute approximate surface area is 114 Å². The van der Waals surface area contributed by atoms with Gasteiger partial charge in [-0.3, -0.25) is 0 Å². The predicted octanol–water partition coefficient (Wildman–Crippen LogP) is 4.30. The fraction of sp³-hybridized carbons (Fsp3) is 0.0714. The monoisotopic (exact) mass is 276 g/mol. The third-order valence-corrected chi connectivity index (χ3v) is 3.27. The summed E-state index contributed by atoms with van der Waals surface area (Å²) in [4.78, 5) is 1.06. The van der Waals surface area contributed by atoms with E-state index in [4.69, 9.17) is 5.26 Å². The highest BCUT2D eigenvalue weighted by molar-refractivity contribution is 7.98. The topological polar surface area (TPSA) is 35.8 Å². The minimum absolute atomic E-state index is 0.0433. The third-order valence-electron chi connectivity index (χ3n) is 2.53. The van der Waals surface area contributed by atoms with Gasteiger partial charge in [0.2, 0.25) is 0 Å². The molecule has 96 valence electrons. The Morgan fingerprint density at radius 3 is 2.16 bits per heavy atom. The Morgan fingerprint density at radius 1 is 1.11 bits per heavy atom. The van der Waals surface area contributed by atoms with Crippen LogP contribution in [0, 0.1) is 23.0 Å².